The number of hydrogen-bond acceptors (Lipinski definition) is 6. The molecule has 112 valence electrons. The van der Waals surface area contributed by atoms with Crippen LogP contribution in [-0.4, -0.2) is 10.2 Å². The van der Waals surface area contributed by atoms with E-state index < -0.39 is 0 Å². The molecule has 22 heavy (non-hydrogen) atoms. The maximum atomic E-state index is 11.9. The van der Waals surface area contributed by atoms with Crippen molar-refractivity contribution in [3.8, 4) is 5.75 Å². The maximum Gasteiger partial charge on any atom is 0.339 e. The lowest BCUT2D eigenvalue weighted by molar-refractivity contribution is 0.305. The van der Waals surface area contributed by atoms with Gasteiger partial charge in [-0.2, -0.15) is 0 Å². The molecule has 2 aromatic heterocycles. The van der Waals surface area contributed by atoms with Gasteiger partial charge in [-0.15, -0.1) is 10.2 Å². The van der Waals surface area contributed by atoms with Gasteiger partial charge in [-0.25, -0.2) is 4.79 Å². The molecule has 0 spiro atoms. The first-order chi connectivity index (χ1) is 10.7. The molecule has 1 aliphatic rings. The van der Waals surface area contributed by atoms with E-state index in [-0.39, 0.29) is 5.63 Å². The average Bonchev–Trinajstić information content (AvgIpc) is 3.15. The van der Waals surface area contributed by atoms with Gasteiger partial charge in [0.25, 0.3) is 0 Å². The molecule has 3 aromatic rings. The van der Waals surface area contributed by atoms with Gasteiger partial charge in [0.1, 0.15) is 22.9 Å². The minimum atomic E-state index is -0.196. The summed E-state index contributed by atoms with van der Waals surface area (Å²) in [6.07, 6.45) is 2.74. The number of aryl methyl sites for hydroxylation is 2. The van der Waals surface area contributed by atoms with Crippen LogP contribution in [0, 0.1) is 6.92 Å². The van der Waals surface area contributed by atoms with E-state index in [2.05, 4.69) is 10.2 Å². The Hall–Kier alpha value is -2.21. The summed E-state index contributed by atoms with van der Waals surface area (Å²) in [7, 11) is 0. The first-order valence-electron chi connectivity index (χ1n) is 7.21. The molecule has 0 aliphatic heterocycles. The van der Waals surface area contributed by atoms with Gasteiger partial charge in [0.05, 0.1) is 0 Å². The van der Waals surface area contributed by atoms with Crippen LogP contribution in [0.1, 0.15) is 27.6 Å². The molecule has 0 N–H and O–H groups in total. The molecule has 1 aliphatic carbocycles. The molecule has 0 unspecified atom stereocenters. The summed E-state index contributed by atoms with van der Waals surface area (Å²) < 4.78 is 11.2. The van der Waals surface area contributed by atoms with Gasteiger partial charge < -0.3 is 9.15 Å². The van der Waals surface area contributed by atoms with Crippen molar-refractivity contribution in [1.29, 1.82) is 0 Å². The first-order valence-corrected chi connectivity index (χ1v) is 8.03. The maximum absolute atomic E-state index is 11.9. The van der Waals surface area contributed by atoms with Gasteiger partial charge in [-0.1, -0.05) is 11.3 Å². The number of aromatic nitrogens is 2. The topological polar surface area (TPSA) is 65.2 Å². The lowest BCUT2D eigenvalue weighted by Gasteiger charge is -2.07. The summed E-state index contributed by atoms with van der Waals surface area (Å²) in [6, 6.07) is 5.58. The summed E-state index contributed by atoms with van der Waals surface area (Å²) in [5.74, 6) is 0.753. The van der Waals surface area contributed by atoms with Crippen molar-refractivity contribution >= 4 is 22.3 Å². The minimum absolute atomic E-state index is 0.196. The highest BCUT2D eigenvalue weighted by atomic mass is 32.1. The monoisotopic (exact) mass is 314 g/mol. The van der Waals surface area contributed by atoms with E-state index in [1.54, 1.807) is 6.07 Å². The first kappa shape index (κ1) is 13.5. The largest absolute Gasteiger partial charge is 0.486 e. The quantitative estimate of drug-likeness (QED) is 0.695. The zero-order valence-electron chi connectivity index (χ0n) is 12.1. The Labute approximate surface area is 130 Å². The fourth-order valence-electron chi connectivity index (χ4n) is 2.89. The summed E-state index contributed by atoms with van der Waals surface area (Å²) in [6.45, 7) is 2.32. The van der Waals surface area contributed by atoms with Crippen LogP contribution in [0.5, 0.6) is 5.75 Å². The van der Waals surface area contributed by atoms with Crippen molar-refractivity contribution < 1.29 is 9.15 Å². The van der Waals surface area contributed by atoms with Crippen molar-refractivity contribution in [2.75, 3.05) is 0 Å². The fraction of sp³-hybridized carbons (Fsp3) is 0.312. The van der Waals surface area contributed by atoms with Gasteiger partial charge in [-0.05, 0) is 49.9 Å². The van der Waals surface area contributed by atoms with Crippen LogP contribution in [0.15, 0.2) is 27.4 Å². The second-order valence-corrected chi connectivity index (χ2v) is 6.63. The molecular formula is C16H14N2O3S. The van der Waals surface area contributed by atoms with Gasteiger partial charge in [-0.3, -0.25) is 0 Å². The van der Waals surface area contributed by atoms with Crippen LogP contribution in [0.25, 0.3) is 11.0 Å². The van der Waals surface area contributed by atoms with Crippen molar-refractivity contribution in [2.24, 2.45) is 0 Å². The predicted molar refractivity (Wildman–Crippen MR) is 83.5 cm³/mol. The molecule has 0 saturated heterocycles. The summed E-state index contributed by atoms with van der Waals surface area (Å²) in [4.78, 5) is 11.9. The highest BCUT2D eigenvalue weighted by molar-refractivity contribution is 7.11. The molecule has 0 bridgehead atoms. The van der Waals surface area contributed by atoms with Gasteiger partial charge in [0.2, 0.25) is 0 Å². The number of hydrogen-bond donors (Lipinski definition) is 0. The van der Waals surface area contributed by atoms with E-state index >= 15 is 0 Å². The number of benzene rings is 1. The Balaban J connectivity index is 1.68. The van der Waals surface area contributed by atoms with Gasteiger partial charge >= 0.3 is 5.63 Å². The van der Waals surface area contributed by atoms with Crippen LogP contribution < -0.4 is 10.4 Å². The third-order valence-electron chi connectivity index (χ3n) is 3.87. The van der Waals surface area contributed by atoms with Crippen molar-refractivity contribution in [1.82, 2.24) is 10.2 Å². The van der Waals surface area contributed by atoms with Crippen LogP contribution in [0.4, 0.5) is 0 Å². The Morgan fingerprint density at radius 3 is 2.95 bits per heavy atom. The molecule has 0 amide bonds. The van der Waals surface area contributed by atoms with E-state index in [0.717, 1.165) is 51.5 Å². The van der Waals surface area contributed by atoms with E-state index in [9.17, 15) is 4.79 Å². The number of nitrogens with zero attached hydrogens (tertiary/aromatic N) is 2. The molecule has 2 heterocycles. The summed E-state index contributed by atoms with van der Waals surface area (Å²) in [5, 5.41) is 10.8. The SMILES string of the molecule is Cc1nnc(COc2ccc3oc(=O)c4c(c3c2)CCC4)s1. The van der Waals surface area contributed by atoms with Crippen LogP contribution in [0.3, 0.4) is 0 Å². The molecule has 5 nitrogen and oxygen atoms in total. The van der Waals surface area contributed by atoms with Crippen LogP contribution in [-0.2, 0) is 19.4 Å². The second-order valence-electron chi connectivity index (χ2n) is 5.36. The molecular weight excluding hydrogens is 300 g/mol. The van der Waals surface area contributed by atoms with E-state index in [4.69, 9.17) is 9.15 Å². The van der Waals surface area contributed by atoms with Gasteiger partial charge in [0.15, 0.2) is 5.01 Å². The normalized spacial score (nSPS) is 13.5. The number of rotatable bonds is 3. The molecule has 0 radical (unpaired) electrons. The van der Waals surface area contributed by atoms with Gasteiger partial charge in [0, 0.05) is 10.9 Å². The number of fused-ring (bicyclic) bond motifs is 3. The zero-order valence-corrected chi connectivity index (χ0v) is 12.9. The Morgan fingerprint density at radius 2 is 2.14 bits per heavy atom. The lowest BCUT2D eigenvalue weighted by atomic mass is 10.1. The van der Waals surface area contributed by atoms with Crippen molar-refractivity contribution in [2.45, 2.75) is 32.8 Å². The highest BCUT2D eigenvalue weighted by Gasteiger charge is 2.19. The molecule has 1 aromatic carbocycles. The fourth-order valence-corrected chi connectivity index (χ4v) is 3.51. The predicted octanol–water partition coefficient (Wildman–Crippen LogP) is 3.02. The minimum Gasteiger partial charge on any atom is -0.486 e. The summed E-state index contributed by atoms with van der Waals surface area (Å²) in [5.41, 5.74) is 2.37. The molecule has 0 atom stereocenters. The lowest BCUT2D eigenvalue weighted by Crippen LogP contribution is -2.06. The highest BCUT2D eigenvalue weighted by Crippen LogP contribution is 2.30. The second kappa shape index (κ2) is 5.21. The van der Waals surface area contributed by atoms with Crippen molar-refractivity contribution in [3.05, 3.63) is 49.8 Å². The molecule has 6 heteroatoms. The Bertz CT molecular complexity index is 913. The molecule has 4 rings (SSSR count). The third kappa shape index (κ3) is 2.29. The zero-order chi connectivity index (χ0) is 15.1. The van der Waals surface area contributed by atoms with Crippen LogP contribution in [0.2, 0.25) is 0 Å². The average molecular weight is 314 g/mol. The third-order valence-corrected chi connectivity index (χ3v) is 4.69. The van der Waals surface area contributed by atoms with E-state index in [1.807, 2.05) is 19.1 Å². The standard InChI is InChI=1S/C16H14N2O3S/c1-9-17-18-15(22-9)8-20-10-5-6-14-13(7-10)11-3-2-4-12(11)16(19)21-14/h5-7H,2-4,8H2,1H3. The number of ether oxygens (including phenoxy) is 1. The summed E-state index contributed by atoms with van der Waals surface area (Å²) >= 11 is 1.53. The Morgan fingerprint density at radius 1 is 1.27 bits per heavy atom. The Kier molecular flexibility index (Phi) is 3.18. The van der Waals surface area contributed by atoms with Crippen LogP contribution >= 0.6 is 11.3 Å². The van der Waals surface area contributed by atoms with Crippen molar-refractivity contribution in [3.63, 3.8) is 0 Å². The molecule has 0 fully saturated rings. The van der Waals surface area contributed by atoms with E-state index in [0.29, 0.717) is 12.2 Å². The molecule has 0 saturated carbocycles. The van der Waals surface area contributed by atoms with E-state index in [1.165, 1.54) is 11.3 Å². The smallest absolute Gasteiger partial charge is 0.339 e.